The first-order valence-corrected chi connectivity index (χ1v) is 8.11. The van der Waals surface area contributed by atoms with Gasteiger partial charge in [0, 0.05) is 11.6 Å². The molecule has 0 atom stereocenters. The van der Waals surface area contributed by atoms with Gasteiger partial charge >= 0.3 is 0 Å². The standard InChI is InChI=1S/C21H16N2O4/c24-14-18(21(27)15-7-3-1-4-8-15)22-23(16-9-5-2-6-10-16)19-12-11-17(25)13-20(19)26/h1-14,25-26H/b22-18+. The fourth-order valence-electron chi connectivity index (χ4n) is 2.48. The highest BCUT2D eigenvalue weighted by Gasteiger charge is 2.19. The van der Waals surface area contributed by atoms with Gasteiger partial charge in [0.15, 0.2) is 12.0 Å². The number of rotatable bonds is 6. The molecule has 0 fully saturated rings. The number of hydrazone groups is 1. The highest BCUT2D eigenvalue weighted by atomic mass is 16.3. The number of carbonyl (C=O) groups is 2. The molecule has 0 bridgehead atoms. The summed E-state index contributed by atoms with van der Waals surface area (Å²) in [6.45, 7) is 0. The van der Waals surface area contributed by atoms with E-state index in [9.17, 15) is 19.8 Å². The SMILES string of the molecule is O=C/C(=N\N(c1ccccc1)c1ccc(O)cc1O)C(=O)c1ccccc1. The highest BCUT2D eigenvalue weighted by molar-refractivity contribution is 6.64. The topological polar surface area (TPSA) is 90.2 Å². The van der Waals surface area contributed by atoms with E-state index in [1.165, 1.54) is 17.1 Å². The number of aromatic hydroxyl groups is 2. The van der Waals surface area contributed by atoms with Crippen molar-refractivity contribution in [3.63, 3.8) is 0 Å². The molecule has 0 aliphatic rings. The number of phenols is 2. The number of aldehydes is 1. The van der Waals surface area contributed by atoms with Crippen molar-refractivity contribution in [1.82, 2.24) is 0 Å². The van der Waals surface area contributed by atoms with Gasteiger partial charge in [-0.1, -0.05) is 48.5 Å². The molecule has 0 spiro atoms. The van der Waals surface area contributed by atoms with Crippen LogP contribution in [0.5, 0.6) is 11.5 Å². The number of Topliss-reactive ketones (excluding diaryl/α,β-unsaturated/α-hetero) is 1. The minimum atomic E-state index is -0.537. The summed E-state index contributed by atoms with van der Waals surface area (Å²) in [6, 6.07) is 21.0. The van der Waals surface area contributed by atoms with Crippen LogP contribution in [-0.2, 0) is 4.79 Å². The van der Waals surface area contributed by atoms with Crippen molar-refractivity contribution in [2.24, 2.45) is 5.10 Å². The molecular formula is C21H16N2O4. The van der Waals surface area contributed by atoms with Crippen molar-refractivity contribution in [2.75, 3.05) is 5.01 Å². The predicted molar refractivity (Wildman–Crippen MR) is 103 cm³/mol. The third-order valence-electron chi connectivity index (χ3n) is 3.78. The van der Waals surface area contributed by atoms with Gasteiger partial charge in [-0.05, 0) is 24.3 Å². The minimum Gasteiger partial charge on any atom is -0.508 e. The van der Waals surface area contributed by atoms with E-state index in [-0.39, 0.29) is 22.9 Å². The Kier molecular flexibility index (Phi) is 5.28. The molecule has 0 saturated heterocycles. The average Bonchev–Trinajstić information content (AvgIpc) is 2.70. The highest BCUT2D eigenvalue weighted by Crippen LogP contribution is 2.35. The zero-order valence-electron chi connectivity index (χ0n) is 14.2. The third-order valence-corrected chi connectivity index (χ3v) is 3.78. The van der Waals surface area contributed by atoms with Crippen LogP contribution in [-0.4, -0.2) is 28.0 Å². The largest absolute Gasteiger partial charge is 0.508 e. The second-order valence-electron chi connectivity index (χ2n) is 5.62. The number of benzene rings is 3. The predicted octanol–water partition coefficient (Wildman–Crippen LogP) is 3.67. The molecule has 0 aliphatic heterocycles. The summed E-state index contributed by atoms with van der Waals surface area (Å²) in [5.41, 5.74) is 0.738. The maximum atomic E-state index is 12.6. The van der Waals surface area contributed by atoms with Gasteiger partial charge in [-0.3, -0.25) is 9.59 Å². The number of ketones is 1. The van der Waals surface area contributed by atoms with E-state index < -0.39 is 5.78 Å². The quantitative estimate of drug-likeness (QED) is 0.230. The smallest absolute Gasteiger partial charge is 0.216 e. The lowest BCUT2D eigenvalue weighted by molar-refractivity contribution is -0.102. The van der Waals surface area contributed by atoms with Gasteiger partial charge in [0.05, 0.1) is 5.69 Å². The van der Waals surface area contributed by atoms with Crippen molar-refractivity contribution < 1.29 is 19.8 Å². The molecule has 3 rings (SSSR count). The Morgan fingerprint density at radius 2 is 1.52 bits per heavy atom. The van der Waals surface area contributed by atoms with Crippen LogP contribution in [0.4, 0.5) is 11.4 Å². The van der Waals surface area contributed by atoms with E-state index in [0.717, 1.165) is 6.07 Å². The Bertz CT molecular complexity index is 986. The van der Waals surface area contributed by atoms with Crippen LogP contribution in [0.1, 0.15) is 10.4 Å². The van der Waals surface area contributed by atoms with Crippen LogP contribution in [0, 0.1) is 0 Å². The normalized spacial score (nSPS) is 11.0. The lowest BCUT2D eigenvalue weighted by Gasteiger charge is -2.21. The van der Waals surface area contributed by atoms with Crippen LogP contribution >= 0.6 is 0 Å². The van der Waals surface area contributed by atoms with Gasteiger partial charge in [-0.25, -0.2) is 5.01 Å². The van der Waals surface area contributed by atoms with Crippen LogP contribution in [0.25, 0.3) is 0 Å². The molecule has 0 aliphatic carbocycles. The molecule has 0 aromatic heterocycles. The molecular weight excluding hydrogens is 344 g/mol. The van der Waals surface area contributed by atoms with Gasteiger partial charge in [0.2, 0.25) is 5.78 Å². The maximum Gasteiger partial charge on any atom is 0.216 e. The Balaban J connectivity index is 2.11. The van der Waals surface area contributed by atoms with Crippen molar-refractivity contribution >= 4 is 29.2 Å². The number of carbonyl (C=O) groups excluding carboxylic acids is 2. The second kappa shape index (κ2) is 7.97. The number of nitrogens with zero attached hydrogens (tertiary/aromatic N) is 2. The van der Waals surface area contributed by atoms with E-state index in [1.54, 1.807) is 60.7 Å². The zero-order valence-corrected chi connectivity index (χ0v) is 14.2. The van der Waals surface area contributed by atoms with Gasteiger partial charge in [-0.15, -0.1) is 0 Å². The first-order chi connectivity index (χ1) is 13.1. The van der Waals surface area contributed by atoms with Crippen molar-refractivity contribution in [3.8, 4) is 11.5 Å². The third kappa shape index (κ3) is 4.01. The molecule has 6 nitrogen and oxygen atoms in total. The van der Waals surface area contributed by atoms with Crippen LogP contribution in [0.15, 0.2) is 84.0 Å². The molecule has 134 valence electrons. The van der Waals surface area contributed by atoms with E-state index >= 15 is 0 Å². The van der Waals surface area contributed by atoms with E-state index in [4.69, 9.17) is 0 Å². The van der Waals surface area contributed by atoms with Gasteiger partial charge in [0.25, 0.3) is 0 Å². The number of para-hydroxylation sites is 1. The summed E-state index contributed by atoms with van der Waals surface area (Å²) in [7, 11) is 0. The molecule has 0 amide bonds. The summed E-state index contributed by atoms with van der Waals surface area (Å²) in [4.78, 5) is 24.2. The first-order valence-electron chi connectivity index (χ1n) is 8.11. The summed E-state index contributed by atoms with van der Waals surface area (Å²) >= 11 is 0. The van der Waals surface area contributed by atoms with E-state index in [2.05, 4.69) is 5.10 Å². The maximum absolute atomic E-state index is 12.6. The van der Waals surface area contributed by atoms with Gasteiger partial charge < -0.3 is 10.2 Å². The Labute approximate surface area is 155 Å². The summed E-state index contributed by atoms with van der Waals surface area (Å²) in [5, 5.41) is 25.2. The van der Waals surface area contributed by atoms with Crippen molar-refractivity contribution in [2.45, 2.75) is 0 Å². The van der Waals surface area contributed by atoms with E-state index in [1.807, 2.05) is 0 Å². The van der Waals surface area contributed by atoms with Crippen LogP contribution in [0.3, 0.4) is 0 Å². The minimum absolute atomic E-state index is 0.121. The zero-order chi connectivity index (χ0) is 19.2. The first kappa shape index (κ1) is 17.9. The molecule has 3 aromatic carbocycles. The number of anilines is 2. The fourth-order valence-corrected chi connectivity index (χ4v) is 2.48. The molecule has 2 N–H and O–H groups in total. The average molecular weight is 360 g/mol. The molecule has 0 heterocycles. The summed E-state index contributed by atoms with van der Waals surface area (Å²) in [5.74, 6) is -0.908. The Hall–Kier alpha value is -3.93. The molecule has 0 saturated carbocycles. The monoisotopic (exact) mass is 360 g/mol. The summed E-state index contributed by atoms with van der Waals surface area (Å²) < 4.78 is 0. The molecule has 0 radical (unpaired) electrons. The number of hydrogen-bond acceptors (Lipinski definition) is 6. The van der Waals surface area contributed by atoms with Crippen LogP contribution < -0.4 is 5.01 Å². The van der Waals surface area contributed by atoms with Crippen molar-refractivity contribution in [3.05, 3.63) is 84.4 Å². The van der Waals surface area contributed by atoms with Crippen LogP contribution in [0.2, 0.25) is 0 Å². The lowest BCUT2D eigenvalue weighted by atomic mass is 10.1. The molecule has 3 aromatic rings. The number of hydrogen-bond donors (Lipinski definition) is 2. The second-order valence-corrected chi connectivity index (χ2v) is 5.62. The molecule has 27 heavy (non-hydrogen) atoms. The van der Waals surface area contributed by atoms with Gasteiger partial charge in [0.1, 0.15) is 17.2 Å². The van der Waals surface area contributed by atoms with E-state index in [0.29, 0.717) is 17.5 Å². The Morgan fingerprint density at radius 3 is 2.11 bits per heavy atom. The van der Waals surface area contributed by atoms with Gasteiger partial charge in [-0.2, -0.15) is 5.10 Å². The lowest BCUT2D eigenvalue weighted by Crippen LogP contribution is -2.21. The number of phenolic OH excluding ortho intramolecular Hbond substituents is 2. The Morgan fingerprint density at radius 1 is 0.889 bits per heavy atom. The van der Waals surface area contributed by atoms with Crippen molar-refractivity contribution in [1.29, 1.82) is 0 Å². The molecule has 0 unspecified atom stereocenters. The summed E-state index contributed by atoms with van der Waals surface area (Å²) in [6.07, 6.45) is 0.378. The molecule has 6 heteroatoms. The fraction of sp³-hybridized carbons (Fsp3) is 0.